The molecule has 0 aliphatic carbocycles. The van der Waals surface area contributed by atoms with Crippen molar-refractivity contribution in [2.45, 2.75) is 25.9 Å². The maximum absolute atomic E-state index is 11.6. The third-order valence-corrected chi connectivity index (χ3v) is 3.11. The number of thiazole rings is 1. The van der Waals surface area contributed by atoms with Crippen molar-refractivity contribution in [2.24, 2.45) is 0 Å². The Hall–Kier alpha value is -1.89. The quantitative estimate of drug-likeness (QED) is 0.816. The molecule has 96 valence electrons. The van der Waals surface area contributed by atoms with Crippen molar-refractivity contribution in [3.8, 4) is 0 Å². The van der Waals surface area contributed by atoms with E-state index in [4.69, 9.17) is 5.73 Å². The maximum Gasteiger partial charge on any atom is 0.220 e. The van der Waals surface area contributed by atoms with Crippen molar-refractivity contribution in [3.05, 3.63) is 29.5 Å². The van der Waals surface area contributed by atoms with E-state index in [0.29, 0.717) is 18.1 Å². The van der Waals surface area contributed by atoms with Gasteiger partial charge in [0.15, 0.2) is 5.13 Å². The minimum absolute atomic E-state index is 0.0220. The maximum atomic E-state index is 11.6. The lowest BCUT2D eigenvalue weighted by atomic mass is 10.3. The van der Waals surface area contributed by atoms with E-state index in [-0.39, 0.29) is 5.91 Å². The first-order valence-corrected chi connectivity index (χ1v) is 6.56. The second-order valence-corrected chi connectivity index (χ2v) is 4.72. The predicted molar refractivity (Wildman–Crippen MR) is 69.8 cm³/mol. The number of nitrogens with zero attached hydrogens (tertiary/aromatic N) is 3. The Morgan fingerprint density at radius 2 is 2.44 bits per heavy atom. The summed E-state index contributed by atoms with van der Waals surface area (Å²) in [4.78, 5) is 15.6. The van der Waals surface area contributed by atoms with Crippen LogP contribution in [0.5, 0.6) is 0 Å². The van der Waals surface area contributed by atoms with Crippen LogP contribution in [0.4, 0.5) is 5.13 Å². The second kappa shape index (κ2) is 6.15. The molecule has 0 radical (unpaired) electrons. The van der Waals surface area contributed by atoms with E-state index in [2.05, 4.69) is 15.4 Å². The molecule has 7 heteroatoms. The van der Waals surface area contributed by atoms with Crippen molar-refractivity contribution >= 4 is 22.4 Å². The number of anilines is 1. The highest BCUT2D eigenvalue weighted by molar-refractivity contribution is 7.13. The van der Waals surface area contributed by atoms with E-state index in [1.54, 1.807) is 6.20 Å². The first-order valence-electron chi connectivity index (χ1n) is 5.68. The van der Waals surface area contributed by atoms with Gasteiger partial charge in [-0.25, -0.2) is 4.98 Å². The highest BCUT2D eigenvalue weighted by atomic mass is 32.1. The van der Waals surface area contributed by atoms with Gasteiger partial charge in [-0.2, -0.15) is 5.10 Å². The number of nitrogen functional groups attached to an aromatic ring is 1. The van der Waals surface area contributed by atoms with Gasteiger partial charge in [-0.3, -0.25) is 9.48 Å². The van der Waals surface area contributed by atoms with E-state index in [1.165, 1.54) is 11.3 Å². The minimum Gasteiger partial charge on any atom is -0.375 e. The largest absolute Gasteiger partial charge is 0.375 e. The molecule has 0 saturated heterocycles. The van der Waals surface area contributed by atoms with Crippen LogP contribution < -0.4 is 11.1 Å². The van der Waals surface area contributed by atoms with E-state index in [9.17, 15) is 4.79 Å². The standard InChI is InChI=1S/C11H15N5OS/c12-11-15-9(8-18-11)7-13-10(17)3-1-5-16-6-2-4-14-16/h2,4,6,8H,1,3,5,7H2,(H2,12,15)(H,13,17). The Morgan fingerprint density at radius 3 is 3.11 bits per heavy atom. The van der Waals surface area contributed by atoms with Crippen LogP contribution in [0, 0.1) is 0 Å². The number of nitrogens with two attached hydrogens (primary N) is 1. The number of rotatable bonds is 6. The monoisotopic (exact) mass is 265 g/mol. The number of aromatic nitrogens is 3. The van der Waals surface area contributed by atoms with Crippen molar-refractivity contribution in [1.82, 2.24) is 20.1 Å². The summed E-state index contributed by atoms with van der Waals surface area (Å²) in [5, 5.41) is 9.26. The van der Waals surface area contributed by atoms with Crippen LogP contribution in [-0.2, 0) is 17.9 Å². The fraction of sp³-hybridized carbons (Fsp3) is 0.364. The molecule has 3 N–H and O–H groups in total. The van der Waals surface area contributed by atoms with Gasteiger partial charge >= 0.3 is 0 Å². The summed E-state index contributed by atoms with van der Waals surface area (Å²) in [5.74, 6) is 0.0220. The minimum atomic E-state index is 0.0220. The molecule has 18 heavy (non-hydrogen) atoms. The molecular weight excluding hydrogens is 250 g/mol. The van der Waals surface area contributed by atoms with Gasteiger partial charge in [0, 0.05) is 30.7 Å². The Balaban J connectivity index is 1.63. The van der Waals surface area contributed by atoms with Gasteiger partial charge in [0.05, 0.1) is 12.2 Å². The molecule has 2 aromatic rings. The van der Waals surface area contributed by atoms with Gasteiger partial charge in [-0.1, -0.05) is 0 Å². The number of aryl methyl sites for hydroxylation is 1. The predicted octanol–water partition coefficient (Wildman–Crippen LogP) is 1.02. The van der Waals surface area contributed by atoms with Gasteiger partial charge in [-0.05, 0) is 12.5 Å². The summed E-state index contributed by atoms with van der Waals surface area (Å²) < 4.78 is 1.81. The van der Waals surface area contributed by atoms with Gasteiger partial charge in [0.25, 0.3) is 0 Å². The molecule has 6 nitrogen and oxygen atoms in total. The van der Waals surface area contributed by atoms with Gasteiger partial charge < -0.3 is 11.1 Å². The molecule has 0 aliphatic rings. The van der Waals surface area contributed by atoms with Crippen LogP contribution in [0.15, 0.2) is 23.8 Å². The highest BCUT2D eigenvalue weighted by Crippen LogP contribution is 2.10. The normalized spacial score (nSPS) is 10.4. The lowest BCUT2D eigenvalue weighted by Crippen LogP contribution is -2.23. The first-order chi connectivity index (χ1) is 8.74. The summed E-state index contributed by atoms with van der Waals surface area (Å²) >= 11 is 1.38. The number of carbonyl (C=O) groups is 1. The number of hydrogen-bond donors (Lipinski definition) is 2. The number of amides is 1. The lowest BCUT2D eigenvalue weighted by Gasteiger charge is -2.03. The Kier molecular flexibility index (Phi) is 4.30. The summed E-state index contributed by atoms with van der Waals surface area (Å²) in [6, 6.07) is 1.87. The Labute approximate surface area is 109 Å². The zero-order valence-electron chi connectivity index (χ0n) is 9.87. The third kappa shape index (κ3) is 3.85. The van der Waals surface area contributed by atoms with E-state index >= 15 is 0 Å². The fourth-order valence-corrected chi connectivity index (χ4v) is 2.08. The smallest absolute Gasteiger partial charge is 0.220 e. The molecule has 0 atom stereocenters. The van der Waals surface area contributed by atoms with Gasteiger partial charge in [-0.15, -0.1) is 11.3 Å². The number of nitrogens with one attached hydrogen (secondary N) is 1. The Morgan fingerprint density at radius 1 is 1.56 bits per heavy atom. The zero-order chi connectivity index (χ0) is 12.8. The van der Waals surface area contributed by atoms with Crippen molar-refractivity contribution in [1.29, 1.82) is 0 Å². The van der Waals surface area contributed by atoms with Crippen LogP contribution in [0.3, 0.4) is 0 Å². The molecule has 0 bridgehead atoms. The topological polar surface area (TPSA) is 85.8 Å². The average molecular weight is 265 g/mol. The van der Waals surface area contributed by atoms with E-state index < -0.39 is 0 Å². The molecule has 0 unspecified atom stereocenters. The third-order valence-electron chi connectivity index (χ3n) is 2.39. The lowest BCUT2D eigenvalue weighted by molar-refractivity contribution is -0.121. The zero-order valence-corrected chi connectivity index (χ0v) is 10.7. The first kappa shape index (κ1) is 12.6. The molecule has 1 amide bonds. The molecule has 0 spiro atoms. The van der Waals surface area contributed by atoms with Crippen LogP contribution in [-0.4, -0.2) is 20.7 Å². The fourth-order valence-electron chi connectivity index (χ4n) is 1.52. The van der Waals surface area contributed by atoms with E-state index in [1.807, 2.05) is 22.3 Å². The van der Waals surface area contributed by atoms with E-state index in [0.717, 1.165) is 18.7 Å². The molecule has 0 aliphatic heterocycles. The summed E-state index contributed by atoms with van der Waals surface area (Å²) in [5.41, 5.74) is 6.31. The average Bonchev–Trinajstić information content (AvgIpc) is 2.98. The van der Waals surface area contributed by atoms with Crippen LogP contribution >= 0.6 is 11.3 Å². The van der Waals surface area contributed by atoms with Gasteiger partial charge in [0.2, 0.25) is 5.91 Å². The molecule has 0 fully saturated rings. The number of hydrogen-bond acceptors (Lipinski definition) is 5. The number of carbonyl (C=O) groups excluding carboxylic acids is 1. The molecular formula is C11H15N5OS. The van der Waals surface area contributed by atoms with Crippen LogP contribution in [0.1, 0.15) is 18.5 Å². The SMILES string of the molecule is Nc1nc(CNC(=O)CCCn2cccn2)cs1. The summed E-state index contributed by atoms with van der Waals surface area (Å²) in [6.45, 7) is 1.19. The molecule has 2 rings (SSSR count). The summed E-state index contributed by atoms with van der Waals surface area (Å²) in [7, 11) is 0. The molecule has 2 aromatic heterocycles. The van der Waals surface area contributed by atoms with Gasteiger partial charge in [0.1, 0.15) is 0 Å². The molecule has 0 aromatic carbocycles. The van der Waals surface area contributed by atoms with Crippen molar-refractivity contribution in [3.63, 3.8) is 0 Å². The van der Waals surface area contributed by atoms with Crippen molar-refractivity contribution < 1.29 is 4.79 Å². The molecule has 2 heterocycles. The van der Waals surface area contributed by atoms with Crippen LogP contribution in [0.2, 0.25) is 0 Å². The highest BCUT2D eigenvalue weighted by Gasteiger charge is 2.03. The summed E-state index contributed by atoms with van der Waals surface area (Å²) in [6.07, 6.45) is 4.87. The van der Waals surface area contributed by atoms with Crippen molar-refractivity contribution in [2.75, 3.05) is 5.73 Å². The molecule has 0 saturated carbocycles. The van der Waals surface area contributed by atoms with Crippen LogP contribution in [0.25, 0.3) is 0 Å². The second-order valence-electron chi connectivity index (χ2n) is 3.83. The Bertz CT molecular complexity index is 493.